The van der Waals surface area contributed by atoms with Gasteiger partial charge in [0.15, 0.2) is 0 Å². The van der Waals surface area contributed by atoms with Gasteiger partial charge in [-0.15, -0.1) is 0 Å². The van der Waals surface area contributed by atoms with E-state index in [1.54, 1.807) is 0 Å². The van der Waals surface area contributed by atoms with E-state index in [0.29, 0.717) is 11.6 Å². The fourth-order valence-corrected chi connectivity index (χ4v) is 4.22. The van der Waals surface area contributed by atoms with Crippen LogP contribution in [0.25, 0.3) is 0 Å². The van der Waals surface area contributed by atoms with Crippen LogP contribution in [0.4, 0.5) is 0 Å². The molecule has 0 aromatic heterocycles. The van der Waals surface area contributed by atoms with Crippen LogP contribution in [0.5, 0.6) is 0 Å². The molecule has 1 saturated heterocycles. The van der Waals surface area contributed by atoms with Gasteiger partial charge in [-0.1, -0.05) is 26.2 Å². The van der Waals surface area contributed by atoms with Crippen molar-refractivity contribution in [3.05, 3.63) is 0 Å². The first kappa shape index (κ1) is 14.7. The van der Waals surface area contributed by atoms with Crippen LogP contribution in [-0.2, 0) is 0 Å². The minimum atomic E-state index is 0.516. The second-order valence-electron chi connectivity index (χ2n) is 6.06. The number of rotatable bonds is 5. The number of hydrogen-bond acceptors (Lipinski definition) is 3. The monoisotopic (exact) mass is 270 g/mol. The normalized spacial score (nSPS) is 28.7. The van der Waals surface area contributed by atoms with Gasteiger partial charge in [-0.3, -0.25) is 4.90 Å². The van der Waals surface area contributed by atoms with Gasteiger partial charge >= 0.3 is 0 Å². The Kier molecular flexibility index (Phi) is 5.84. The van der Waals surface area contributed by atoms with Crippen molar-refractivity contribution >= 4 is 11.8 Å². The third-order valence-electron chi connectivity index (χ3n) is 4.65. The Balaban J connectivity index is 1.88. The molecule has 0 aromatic rings. The fourth-order valence-electron chi connectivity index (χ4n) is 3.60. The molecule has 2 rings (SSSR count). The number of piperazine rings is 1. The van der Waals surface area contributed by atoms with E-state index >= 15 is 0 Å². The number of nitrogens with zero attached hydrogens (tertiary/aromatic N) is 1. The summed E-state index contributed by atoms with van der Waals surface area (Å²) in [6.45, 7) is 8.41. The number of nitrogens with one attached hydrogen (secondary N) is 1. The van der Waals surface area contributed by atoms with E-state index in [0.717, 1.165) is 0 Å². The second-order valence-corrected chi connectivity index (χ2v) is 7.46. The lowest BCUT2D eigenvalue weighted by Gasteiger charge is -2.51. The minimum absolute atomic E-state index is 0.516. The number of hydrogen-bond donors (Lipinski definition) is 1. The first-order valence-electron chi connectivity index (χ1n) is 7.83. The molecule has 1 aliphatic carbocycles. The lowest BCUT2D eigenvalue weighted by atomic mass is 9.78. The van der Waals surface area contributed by atoms with E-state index in [1.807, 2.05) is 0 Å². The molecule has 1 atom stereocenters. The lowest BCUT2D eigenvalue weighted by molar-refractivity contribution is 0.0132. The van der Waals surface area contributed by atoms with Gasteiger partial charge in [0.1, 0.15) is 0 Å². The van der Waals surface area contributed by atoms with Crippen molar-refractivity contribution in [1.29, 1.82) is 0 Å². The third-order valence-corrected chi connectivity index (χ3v) is 5.64. The summed E-state index contributed by atoms with van der Waals surface area (Å²) in [4.78, 5) is 2.84. The average Bonchev–Trinajstić information content (AvgIpc) is 2.40. The summed E-state index contributed by atoms with van der Waals surface area (Å²) in [7, 11) is 0. The van der Waals surface area contributed by atoms with Gasteiger partial charge in [-0.25, -0.2) is 0 Å². The fraction of sp³-hybridized carbons (Fsp3) is 1.00. The van der Waals surface area contributed by atoms with Crippen molar-refractivity contribution in [3.63, 3.8) is 0 Å². The van der Waals surface area contributed by atoms with Crippen molar-refractivity contribution in [2.45, 2.75) is 64.0 Å². The van der Waals surface area contributed by atoms with Crippen LogP contribution in [-0.4, -0.2) is 47.6 Å². The third kappa shape index (κ3) is 3.64. The summed E-state index contributed by atoms with van der Waals surface area (Å²) < 4.78 is 0. The molecule has 18 heavy (non-hydrogen) atoms. The van der Waals surface area contributed by atoms with E-state index in [9.17, 15) is 0 Å². The molecule has 0 aromatic carbocycles. The van der Waals surface area contributed by atoms with Gasteiger partial charge < -0.3 is 5.32 Å². The molecular formula is C15H30N2S. The lowest BCUT2D eigenvalue weighted by Crippen LogP contribution is -2.64. The van der Waals surface area contributed by atoms with Crippen molar-refractivity contribution in [2.75, 3.05) is 31.1 Å². The Morgan fingerprint density at radius 1 is 1.28 bits per heavy atom. The maximum absolute atomic E-state index is 3.73. The van der Waals surface area contributed by atoms with Crippen LogP contribution >= 0.6 is 11.8 Å². The van der Waals surface area contributed by atoms with Crippen LogP contribution in [0.3, 0.4) is 0 Å². The zero-order chi connectivity index (χ0) is 12.8. The molecule has 0 amide bonds. The molecule has 0 radical (unpaired) electrons. The Bertz CT molecular complexity index is 239. The van der Waals surface area contributed by atoms with E-state index < -0.39 is 0 Å². The molecule has 106 valence electrons. The highest BCUT2D eigenvalue weighted by Crippen LogP contribution is 2.35. The largest absolute Gasteiger partial charge is 0.311 e. The molecule has 1 saturated carbocycles. The summed E-state index contributed by atoms with van der Waals surface area (Å²) in [6.07, 6.45) is 8.55. The molecule has 1 unspecified atom stereocenters. The Morgan fingerprint density at radius 2 is 2.06 bits per heavy atom. The summed E-state index contributed by atoms with van der Waals surface area (Å²) >= 11 is 2.09. The summed E-state index contributed by atoms with van der Waals surface area (Å²) in [5.74, 6) is 2.61. The van der Waals surface area contributed by atoms with Crippen molar-refractivity contribution in [3.8, 4) is 0 Å². The van der Waals surface area contributed by atoms with Crippen molar-refractivity contribution in [2.24, 2.45) is 0 Å². The zero-order valence-corrected chi connectivity index (χ0v) is 13.0. The van der Waals surface area contributed by atoms with E-state index in [1.165, 1.54) is 69.7 Å². The predicted molar refractivity (Wildman–Crippen MR) is 82.5 cm³/mol. The molecule has 2 fully saturated rings. The Hall–Kier alpha value is 0.270. The van der Waals surface area contributed by atoms with Gasteiger partial charge in [0.25, 0.3) is 0 Å². The maximum Gasteiger partial charge on any atom is 0.0334 e. The highest BCUT2D eigenvalue weighted by Gasteiger charge is 2.40. The molecular weight excluding hydrogens is 240 g/mol. The Morgan fingerprint density at radius 3 is 2.78 bits per heavy atom. The van der Waals surface area contributed by atoms with Crippen LogP contribution in [0.1, 0.15) is 52.4 Å². The van der Waals surface area contributed by atoms with E-state index in [4.69, 9.17) is 0 Å². The maximum atomic E-state index is 3.73. The highest BCUT2D eigenvalue weighted by atomic mass is 32.2. The van der Waals surface area contributed by atoms with Crippen LogP contribution in [0.2, 0.25) is 0 Å². The molecule has 0 bridgehead atoms. The van der Waals surface area contributed by atoms with Crippen LogP contribution in [0.15, 0.2) is 0 Å². The standard InChI is InChI=1S/C15H30N2S/c1-3-18-11-7-10-17-12-14(2)16-13-15(17)8-5-4-6-9-15/h14,16H,3-13H2,1-2H3. The first-order chi connectivity index (χ1) is 8.77. The molecule has 2 nitrogen and oxygen atoms in total. The topological polar surface area (TPSA) is 15.3 Å². The van der Waals surface area contributed by atoms with Crippen LogP contribution < -0.4 is 5.32 Å². The van der Waals surface area contributed by atoms with Gasteiger partial charge in [0.2, 0.25) is 0 Å². The molecule has 1 N–H and O–H groups in total. The van der Waals surface area contributed by atoms with Crippen LogP contribution in [0, 0.1) is 0 Å². The van der Waals surface area contributed by atoms with E-state index in [-0.39, 0.29) is 0 Å². The van der Waals surface area contributed by atoms with Gasteiger partial charge in [-0.2, -0.15) is 11.8 Å². The first-order valence-corrected chi connectivity index (χ1v) is 8.98. The molecule has 3 heteroatoms. The molecule has 2 aliphatic rings. The quantitative estimate of drug-likeness (QED) is 0.773. The molecule has 1 heterocycles. The summed E-state index contributed by atoms with van der Waals surface area (Å²) in [6, 6.07) is 0.677. The molecule has 1 spiro atoms. The SMILES string of the molecule is CCSCCCN1CC(C)NCC12CCCCC2. The second kappa shape index (κ2) is 7.16. The van der Waals surface area contributed by atoms with Gasteiger partial charge in [-0.05, 0) is 44.2 Å². The number of thioether (sulfide) groups is 1. The van der Waals surface area contributed by atoms with E-state index in [2.05, 4.69) is 35.8 Å². The average molecular weight is 270 g/mol. The van der Waals surface area contributed by atoms with Crippen molar-refractivity contribution in [1.82, 2.24) is 10.2 Å². The smallest absolute Gasteiger partial charge is 0.0334 e. The summed E-state index contributed by atoms with van der Waals surface area (Å²) in [5, 5.41) is 3.73. The Labute approximate surface area is 117 Å². The van der Waals surface area contributed by atoms with Crippen molar-refractivity contribution < 1.29 is 0 Å². The highest BCUT2D eigenvalue weighted by molar-refractivity contribution is 7.99. The molecule has 1 aliphatic heterocycles. The minimum Gasteiger partial charge on any atom is -0.311 e. The zero-order valence-electron chi connectivity index (χ0n) is 12.2. The van der Waals surface area contributed by atoms with Gasteiger partial charge in [0.05, 0.1) is 0 Å². The van der Waals surface area contributed by atoms with Gasteiger partial charge in [0, 0.05) is 24.7 Å². The summed E-state index contributed by atoms with van der Waals surface area (Å²) in [5.41, 5.74) is 0.516. The predicted octanol–water partition coefficient (Wildman–Crippen LogP) is 3.13.